The van der Waals surface area contributed by atoms with Gasteiger partial charge in [0.1, 0.15) is 19.6 Å². The van der Waals surface area contributed by atoms with Crippen molar-refractivity contribution in [3.63, 3.8) is 0 Å². The smallest absolute Gasteiger partial charge is 0.105 e. The Bertz CT molecular complexity index is 767. The van der Waals surface area contributed by atoms with Gasteiger partial charge in [-0.2, -0.15) is 0 Å². The summed E-state index contributed by atoms with van der Waals surface area (Å²) in [5.74, 6) is 0. The fourth-order valence-corrected chi connectivity index (χ4v) is 4.55. The minimum atomic E-state index is 1.07. The van der Waals surface area contributed by atoms with Crippen LogP contribution in [0.2, 0.25) is 0 Å². The van der Waals surface area contributed by atoms with Crippen molar-refractivity contribution >= 4 is 0 Å². The standard InChI is InChI=1S/C30H38N/c1-2-3-4-5-6-7-17-24-31(25-28-18-11-8-12-19-28,26-29-20-13-9-14-21-29)27-30-22-15-10-16-23-30/h2-3,8-16,18-23H,4-7,17,24-27H2,1H3/q+1/b3-2+. The van der Waals surface area contributed by atoms with E-state index in [9.17, 15) is 0 Å². The normalized spacial score (nSPS) is 11.8. The molecule has 0 bridgehead atoms. The summed E-state index contributed by atoms with van der Waals surface area (Å²) in [5, 5.41) is 0. The molecule has 3 rings (SSSR count). The highest BCUT2D eigenvalue weighted by Gasteiger charge is 2.28. The highest BCUT2D eigenvalue weighted by Crippen LogP contribution is 2.25. The second-order valence-electron chi connectivity index (χ2n) is 8.77. The molecule has 31 heavy (non-hydrogen) atoms. The summed E-state index contributed by atoms with van der Waals surface area (Å²) in [6.07, 6.45) is 10.9. The van der Waals surface area contributed by atoms with Gasteiger partial charge in [-0.15, -0.1) is 0 Å². The number of rotatable bonds is 13. The molecule has 0 aliphatic carbocycles. The van der Waals surface area contributed by atoms with Crippen LogP contribution in [0, 0.1) is 0 Å². The van der Waals surface area contributed by atoms with Crippen molar-refractivity contribution in [1.82, 2.24) is 0 Å². The SMILES string of the molecule is C/C=C/CCCCCC[N+](Cc1ccccc1)(Cc1ccccc1)Cc1ccccc1. The Hall–Kier alpha value is -2.64. The molecule has 0 heterocycles. The van der Waals surface area contributed by atoms with Gasteiger partial charge in [0, 0.05) is 16.7 Å². The van der Waals surface area contributed by atoms with E-state index in [1.165, 1.54) is 55.3 Å². The average molecular weight is 413 g/mol. The summed E-state index contributed by atoms with van der Waals surface area (Å²) in [4.78, 5) is 0. The van der Waals surface area contributed by atoms with Gasteiger partial charge in [0.25, 0.3) is 0 Å². The average Bonchev–Trinajstić information content (AvgIpc) is 2.80. The molecular formula is C30H38N+. The second kappa shape index (κ2) is 12.9. The van der Waals surface area contributed by atoms with Gasteiger partial charge in [0.15, 0.2) is 0 Å². The molecule has 0 aliphatic heterocycles. The lowest BCUT2D eigenvalue weighted by Crippen LogP contribution is -2.46. The van der Waals surface area contributed by atoms with Gasteiger partial charge < -0.3 is 4.48 Å². The molecule has 0 N–H and O–H groups in total. The molecule has 0 atom stereocenters. The van der Waals surface area contributed by atoms with Crippen LogP contribution in [0.5, 0.6) is 0 Å². The van der Waals surface area contributed by atoms with Gasteiger partial charge >= 0.3 is 0 Å². The maximum Gasteiger partial charge on any atom is 0.105 e. The molecule has 0 aliphatic rings. The van der Waals surface area contributed by atoms with E-state index >= 15 is 0 Å². The number of unbranched alkanes of at least 4 members (excludes halogenated alkanes) is 4. The van der Waals surface area contributed by atoms with Crippen molar-refractivity contribution in [2.45, 2.75) is 58.7 Å². The molecule has 1 heteroatoms. The third-order valence-corrected chi connectivity index (χ3v) is 6.07. The number of hydrogen-bond acceptors (Lipinski definition) is 0. The van der Waals surface area contributed by atoms with Crippen LogP contribution in [-0.4, -0.2) is 11.0 Å². The molecule has 0 saturated carbocycles. The first kappa shape index (κ1) is 23.0. The predicted octanol–water partition coefficient (Wildman–Crippen LogP) is 7.93. The van der Waals surface area contributed by atoms with Crippen molar-refractivity contribution < 1.29 is 4.48 Å². The van der Waals surface area contributed by atoms with Crippen LogP contribution in [0.4, 0.5) is 0 Å². The molecule has 0 spiro atoms. The number of hydrogen-bond donors (Lipinski definition) is 0. The summed E-state index contributed by atoms with van der Waals surface area (Å²) >= 11 is 0. The number of quaternary nitrogens is 1. The van der Waals surface area contributed by atoms with Gasteiger partial charge in [-0.05, 0) is 32.6 Å². The number of benzene rings is 3. The monoisotopic (exact) mass is 412 g/mol. The van der Waals surface area contributed by atoms with E-state index in [-0.39, 0.29) is 0 Å². The van der Waals surface area contributed by atoms with Crippen LogP contribution in [0.15, 0.2) is 103 Å². The maximum atomic E-state index is 2.29. The van der Waals surface area contributed by atoms with Crippen LogP contribution in [0.3, 0.4) is 0 Å². The van der Waals surface area contributed by atoms with Crippen molar-refractivity contribution in [3.05, 3.63) is 120 Å². The minimum Gasteiger partial charge on any atom is -0.312 e. The van der Waals surface area contributed by atoms with Gasteiger partial charge in [0.05, 0.1) is 6.54 Å². The van der Waals surface area contributed by atoms with Crippen LogP contribution >= 0.6 is 0 Å². The van der Waals surface area contributed by atoms with E-state index < -0.39 is 0 Å². The second-order valence-corrected chi connectivity index (χ2v) is 8.77. The first-order valence-corrected chi connectivity index (χ1v) is 11.9. The summed E-state index contributed by atoms with van der Waals surface area (Å²) in [6.45, 7) is 6.54. The van der Waals surface area contributed by atoms with Crippen LogP contribution in [0.1, 0.15) is 55.7 Å². The first-order valence-electron chi connectivity index (χ1n) is 11.9. The van der Waals surface area contributed by atoms with Gasteiger partial charge in [-0.3, -0.25) is 0 Å². The fraction of sp³-hybridized carbons (Fsp3) is 0.333. The minimum absolute atomic E-state index is 1.07. The Balaban J connectivity index is 1.80. The zero-order valence-corrected chi connectivity index (χ0v) is 19.1. The van der Waals surface area contributed by atoms with Gasteiger partial charge in [-0.25, -0.2) is 0 Å². The topological polar surface area (TPSA) is 0 Å². The predicted molar refractivity (Wildman–Crippen MR) is 133 cm³/mol. The van der Waals surface area contributed by atoms with Crippen LogP contribution < -0.4 is 0 Å². The highest BCUT2D eigenvalue weighted by atomic mass is 15.3. The van der Waals surface area contributed by atoms with Gasteiger partial charge in [0.2, 0.25) is 0 Å². The molecule has 162 valence electrons. The molecule has 3 aromatic carbocycles. The first-order chi connectivity index (χ1) is 15.3. The molecule has 0 fully saturated rings. The molecule has 0 radical (unpaired) electrons. The van der Waals surface area contributed by atoms with Crippen molar-refractivity contribution in [3.8, 4) is 0 Å². The summed E-state index contributed by atoms with van der Waals surface area (Å²) in [6, 6.07) is 33.2. The summed E-state index contributed by atoms with van der Waals surface area (Å²) in [5.41, 5.74) is 4.30. The molecule has 0 saturated heterocycles. The zero-order chi connectivity index (χ0) is 21.6. The highest BCUT2D eigenvalue weighted by molar-refractivity contribution is 5.17. The third-order valence-electron chi connectivity index (χ3n) is 6.07. The van der Waals surface area contributed by atoms with Crippen molar-refractivity contribution in [1.29, 1.82) is 0 Å². The molecule has 1 nitrogen and oxygen atoms in total. The molecule has 0 aromatic heterocycles. The Morgan fingerprint density at radius 2 is 0.968 bits per heavy atom. The quantitative estimate of drug-likeness (QED) is 0.152. The van der Waals surface area contributed by atoms with E-state index in [0.717, 1.165) is 24.1 Å². The number of allylic oxidation sites excluding steroid dienone is 2. The molecule has 3 aromatic rings. The lowest BCUT2D eigenvalue weighted by atomic mass is 10.0. The Kier molecular flexibility index (Phi) is 9.60. The summed E-state index contributed by atoms with van der Waals surface area (Å²) in [7, 11) is 0. The van der Waals surface area contributed by atoms with Gasteiger partial charge in [-0.1, -0.05) is 110 Å². The van der Waals surface area contributed by atoms with E-state index in [0.29, 0.717) is 0 Å². The largest absolute Gasteiger partial charge is 0.312 e. The lowest BCUT2D eigenvalue weighted by molar-refractivity contribution is -0.966. The van der Waals surface area contributed by atoms with Crippen molar-refractivity contribution in [2.24, 2.45) is 0 Å². The van der Waals surface area contributed by atoms with E-state index in [2.05, 4.69) is 110 Å². The zero-order valence-electron chi connectivity index (χ0n) is 19.1. The third kappa shape index (κ3) is 8.19. The fourth-order valence-electron chi connectivity index (χ4n) is 4.55. The summed E-state index contributed by atoms with van der Waals surface area (Å²) < 4.78 is 1.08. The molecular weight excluding hydrogens is 374 g/mol. The molecule has 0 amide bonds. The van der Waals surface area contributed by atoms with E-state index in [1.54, 1.807) is 0 Å². The van der Waals surface area contributed by atoms with E-state index in [1.807, 2.05) is 0 Å². The van der Waals surface area contributed by atoms with Crippen LogP contribution in [-0.2, 0) is 19.6 Å². The molecule has 0 unspecified atom stereocenters. The Labute approximate surface area is 189 Å². The Morgan fingerprint density at radius 1 is 0.548 bits per heavy atom. The van der Waals surface area contributed by atoms with E-state index in [4.69, 9.17) is 0 Å². The van der Waals surface area contributed by atoms with Crippen molar-refractivity contribution in [2.75, 3.05) is 6.54 Å². The maximum absolute atomic E-state index is 2.29. The van der Waals surface area contributed by atoms with Crippen LogP contribution in [0.25, 0.3) is 0 Å². The lowest BCUT2D eigenvalue weighted by Gasteiger charge is -2.39. The Morgan fingerprint density at radius 3 is 1.39 bits per heavy atom. The number of nitrogens with zero attached hydrogens (tertiary/aromatic N) is 1.